The van der Waals surface area contributed by atoms with Crippen molar-refractivity contribution in [3.63, 3.8) is 0 Å². The molecule has 0 aromatic carbocycles. The highest BCUT2D eigenvalue weighted by atomic mass is 16.5. The van der Waals surface area contributed by atoms with Crippen LogP contribution in [0.25, 0.3) is 0 Å². The molecule has 0 amide bonds. The van der Waals surface area contributed by atoms with E-state index in [1.165, 1.54) is 0 Å². The molecule has 1 atom stereocenters. The second-order valence-corrected chi connectivity index (χ2v) is 5.37. The van der Waals surface area contributed by atoms with Gasteiger partial charge in [-0.3, -0.25) is 4.90 Å². The molecule has 0 N–H and O–H groups in total. The smallest absolute Gasteiger partial charge is 0.214 e. The fraction of sp³-hybridized carbons (Fsp3) is 0.529. The molecule has 0 bridgehead atoms. The van der Waals surface area contributed by atoms with E-state index < -0.39 is 0 Å². The van der Waals surface area contributed by atoms with Crippen LogP contribution >= 0.6 is 0 Å². The van der Waals surface area contributed by atoms with Gasteiger partial charge in [-0.15, -0.1) is 6.58 Å². The van der Waals surface area contributed by atoms with Gasteiger partial charge in [0, 0.05) is 38.5 Å². The van der Waals surface area contributed by atoms with Gasteiger partial charge >= 0.3 is 0 Å². The Kier molecular flexibility index (Phi) is 6.88. The van der Waals surface area contributed by atoms with Gasteiger partial charge in [0.25, 0.3) is 0 Å². The summed E-state index contributed by atoms with van der Waals surface area (Å²) in [5.41, 5.74) is 0.565. The lowest BCUT2D eigenvalue weighted by Crippen LogP contribution is -2.37. The summed E-state index contributed by atoms with van der Waals surface area (Å²) in [5, 5.41) is 8.96. The van der Waals surface area contributed by atoms with Crippen LogP contribution in [0.15, 0.2) is 31.0 Å². The summed E-state index contributed by atoms with van der Waals surface area (Å²) < 4.78 is 11.5. The topological polar surface area (TPSA) is 58.4 Å². The van der Waals surface area contributed by atoms with Crippen molar-refractivity contribution in [1.29, 1.82) is 5.26 Å². The molecule has 0 unspecified atom stereocenters. The molecule has 5 nitrogen and oxygen atoms in total. The third kappa shape index (κ3) is 5.47. The van der Waals surface area contributed by atoms with Crippen molar-refractivity contribution in [2.24, 2.45) is 0 Å². The number of pyridine rings is 1. The molecule has 5 heteroatoms. The summed E-state index contributed by atoms with van der Waals surface area (Å²) in [6.45, 7) is 8.19. The lowest BCUT2D eigenvalue weighted by atomic mass is 10.1. The van der Waals surface area contributed by atoms with E-state index in [9.17, 15) is 0 Å². The fourth-order valence-electron chi connectivity index (χ4n) is 2.47. The number of nitriles is 1. The van der Waals surface area contributed by atoms with E-state index in [0.717, 1.165) is 52.1 Å². The first kappa shape index (κ1) is 16.5. The number of nitrogens with zero attached hydrogens (tertiary/aromatic N) is 3. The van der Waals surface area contributed by atoms with Gasteiger partial charge in [-0.05, 0) is 25.3 Å². The fourth-order valence-corrected chi connectivity index (χ4v) is 2.47. The van der Waals surface area contributed by atoms with Crippen LogP contribution in [0.2, 0.25) is 0 Å². The zero-order valence-corrected chi connectivity index (χ0v) is 12.9. The molecule has 0 radical (unpaired) electrons. The lowest BCUT2D eigenvalue weighted by molar-refractivity contribution is 0.109. The van der Waals surface area contributed by atoms with Gasteiger partial charge in [0.05, 0.1) is 18.2 Å². The summed E-state index contributed by atoms with van der Waals surface area (Å²) in [5.74, 6) is 0.513. The molecule has 1 aliphatic rings. The Morgan fingerprint density at radius 1 is 1.50 bits per heavy atom. The second-order valence-electron chi connectivity index (χ2n) is 5.37. The average Bonchev–Trinajstić information content (AvgIpc) is 2.81. The quantitative estimate of drug-likeness (QED) is 0.724. The number of allylic oxidation sites excluding steroid dienone is 1. The summed E-state index contributed by atoms with van der Waals surface area (Å²) >= 11 is 0. The minimum atomic E-state index is 0.0394. The third-order valence-corrected chi connectivity index (χ3v) is 3.62. The van der Waals surface area contributed by atoms with E-state index in [1.54, 1.807) is 18.3 Å². The largest absolute Gasteiger partial charge is 0.473 e. The molecular weight excluding hydrogens is 278 g/mol. The zero-order valence-electron chi connectivity index (χ0n) is 12.9. The Morgan fingerprint density at radius 2 is 2.41 bits per heavy atom. The summed E-state index contributed by atoms with van der Waals surface area (Å²) in [6.07, 6.45) is 6.39. The van der Waals surface area contributed by atoms with Crippen LogP contribution in [0, 0.1) is 11.3 Å². The van der Waals surface area contributed by atoms with Crippen molar-refractivity contribution in [1.82, 2.24) is 9.88 Å². The molecule has 0 spiro atoms. The zero-order chi connectivity index (χ0) is 15.6. The van der Waals surface area contributed by atoms with Gasteiger partial charge in [-0.2, -0.15) is 5.26 Å². The van der Waals surface area contributed by atoms with Crippen LogP contribution in [-0.4, -0.2) is 48.8 Å². The van der Waals surface area contributed by atoms with E-state index >= 15 is 0 Å². The van der Waals surface area contributed by atoms with Crippen LogP contribution < -0.4 is 4.74 Å². The second kappa shape index (κ2) is 9.19. The first-order valence-corrected chi connectivity index (χ1v) is 7.75. The molecule has 118 valence electrons. The van der Waals surface area contributed by atoms with Gasteiger partial charge < -0.3 is 9.47 Å². The third-order valence-electron chi connectivity index (χ3n) is 3.62. The number of aromatic nitrogens is 1. The Bertz CT molecular complexity index is 505. The van der Waals surface area contributed by atoms with E-state index in [-0.39, 0.29) is 6.10 Å². The molecule has 2 heterocycles. The van der Waals surface area contributed by atoms with E-state index in [0.29, 0.717) is 11.4 Å². The average molecular weight is 301 g/mol. The lowest BCUT2D eigenvalue weighted by Gasteiger charge is -2.26. The van der Waals surface area contributed by atoms with Crippen LogP contribution in [0.4, 0.5) is 0 Å². The molecule has 1 fully saturated rings. The van der Waals surface area contributed by atoms with Crippen LogP contribution in [0.3, 0.4) is 0 Å². The maximum atomic E-state index is 8.96. The predicted octanol–water partition coefficient (Wildman–Crippen LogP) is 2.39. The first-order valence-electron chi connectivity index (χ1n) is 7.75. The maximum Gasteiger partial charge on any atom is 0.214 e. The van der Waals surface area contributed by atoms with Gasteiger partial charge in [0.15, 0.2) is 0 Å². The highest BCUT2D eigenvalue weighted by Crippen LogP contribution is 2.15. The Labute approximate surface area is 132 Å². The van der Waals surface area contributed by atoms with Gasteiger partial charge in [0.1, 0.15) is 6.10 Å². The van der Waals surface area contributed by atoms with Gasteiger partial charge in [0.2, 0.25) is 5.88 Å². The SMILES string of the molecule is C=CCC[C@H](CN1CCCOCC1)Oc1cc(C#N)ccn1. The van der Waals surface area contributed by atoms with E-state index in [2.05, 4.69) is 22.5 Å². The van der Waals surface area contributed by atoms with Gasteiger partial charge in [-0.25, -0.2) is 4.98 Å². The molecule has 1 aromatic rings. The van der Waals surface area contributed by atoms with Crippen molar-refractivity contribution in [3.8, 4) is 11.9 Å². The Balaban J connectivity index is 1.98. The molecule has 0 saturated carbocycles. The van der Waals surface area contributed by atoms with Gasteiger partial charge in [-0.1, -0.05) is 6.08 Å². The predicted molar refractivity (Wildman–Crippen MR) is 84.7 cm³/mol. The maximum absolute atomic E-state index is 8.96. The van der Waals surface area contributed by atoms with Crippen molar-refractivity contribution < 1.29 is 9.47 Å². The minimum absolute atomic E-state index is 0.0394. The normalized spacial score (nSPS) is 17.2. The van der Waals surface area contributed by atoms with Crippen molar-refractivity contribution in [3.05, 3.63) is 36.5 Å². The van der Waals surface area contributed by atoms with Crippen molar-refractivity contribution in [2.45, 2.75) is 25.4 Å². The summed E-state index contributed by atoms with van der Waals surface area (Å²) in [6, 6.07) is 5.48. The standard InChI is InChI=1S/C17H23N3O2/c1-2-3-5-16(14-20-8-4-10-21-11-9-20)22-17-12-15(13-18)6-7-19-17/h2,6-7,12,16H,1,3-5,8-11,14H2/t16-/m1/s1. The van der Waals surface area contributed by atoms with Crippen molar-refractivity contribution in [2.75, 3.05) is 32.8 Å². The highest BCUT2D eigenvalue weighted by molar-refractivity contribution is 5.31. The molecule has 1 aromatic heterocycles. The molecular formula is C17H23N3O2. The summed E-state index contributed by atoms with van der Waals surface area (Å²) in [4.78, 5) is 6.57. The van der Waals surface area contributed by atoms with Crippen LogP contribution in [0.1, 0.15) is 24.8 Å². The number of rotatable bonds is 7. The molecule has 2 rings (SSSR count). The van der Waals surface area contributed by atoms with Crippen LogP contribution in [-0.2, 0) is 4.74 Å². The highest BCUT2D eigenvalue weighted by Gasteiger charge is 2.17. The molecule has 0 aliphatic carbocycles. The molecule has 1 saturated heterocycles. The first-order chi connectivity index (χ1) is 10.8. The molecule has 22 heavy (non-hydrogen) atoms. The number of ether oxygens (including phenoxy) is 2. The minimum Gasteiger partial charge on any atom is -0.473 e. The Hall–Kier alpha value is -1.90. The molecule has 1 aliphatic heterocycles. The van der Waals surface area contributed by atoms with E-state index in [4.69, 9.17) is 14.7 Å². The Morgan fingerprint density at radius 3 is 3.23 bits per heavy atom. The monoisotopic (exact) mass is 301 g/mol. The number of hydrogen-bond acceptors (Lipinski definition) is 5. The number of hydrogen-bond donors (Lipinski definition) is 0. The van der Waals surface area contributed by atoms with Crippen molar-refractivity contribution >= 4 is 0 Å². The van der Waals surface area contributed by atoms with E-state index in [1.807, 2.05) is 6.08 Å². The summed E-state index contributed by atoms with van der Waals surface area (Å²) in [7, 11) is 0. The van der Waals surface area contributed by atoms with Crippen LogP contribution in [0.5, 0.6) is 5.88 Å².